The highest BCUT2D eigenvalue weighted by Gasteiger charge is 2.39. The van der Waals surface area contributed by atoms with Crippen molar-refractivity contribution in [3.8, 4) is 0 Å². The number of carbonyl (C=O) groups excluding carboxylic acids is 1. The topological polar surface area (TPSA) is 60.9 Å². The lowest BCUT2D eigenvalue weighted by molar-refractivity contribution is -0.113. The molecule has 0 bridgehead atoms. The summed E-state index contributed by atoms with van der Waals surface area (Å²) in [5.74, 6) is -1.19. The predicted molar refractivity (Wildman–Crippen MR) is 113 cm³/mol. The van der Waals surface area contributed by atoms with Crippen LogP contribution >= 0.6 is 35.7 Å². The number of carboxylic acids is 1. The van der Waals surface area contributed by atoms with Gasteiger partial charge in [0.2, 0.25) is 0 Å². The van der Waals surface area contributed by atoms with Crippen molar-refractivity contribution in [3.05, 3.63) is 64.0 Å². The van der Waals surface area contributed by atoms with Crippen LogP contribution in [0.4, 0.5) is 11.4 Å². The Kier molecular flexibility index (Phi) is 4.71. The number of carboxylic acid groups (broad SMARTS) is 1. The molecule has 1 saturated heterocycles. The minimum Gasteiger partial charge on any atom is -0.478 e. The summed E-state index contributed by atoms with van der Waals surface area (Å²) in [6.45, 7) is 2.80. The lowest BCUT2D eigenvalue weighted by Crippen LogP contribution is -2.28. The van der Waals surface area contributed by atoms with Crippen LogP contribution in [0.1, 0.15) is 17.3 Å². The Labute approximate surface area is 170 Å². The number of nitrogens with zero attached hydrogens (tertiary/aromatic N) is 2. The highest BCUT2D eigenvalue weighted by Crippen LogP contribution is 2.50. The van der Waals surface area contributed by atoms with Crippen LogP contribution in [0.2, 0.25) is 0 Å². The number of benzene rings is 2. The molecule has 1 N–H and O–H groups in total. The molecule has 2 aromatic rings. The second kappa shape index (κ2) is 7.03. The molecule has 0 radical (unpaired) electrons. The number of amides is 1. The normalized spacial score (nSPS) is 19.0. The highest BCUT2D eigenvalue weighted by molar-refractivity contribution is 8.27. The third-order valence-electron chi connectivity index (χ3n) is 4.26. The van der Waals surface area contributed by atoms with E-state index in [4.69, 9.17) is 17.3 Å². The molecule has 0 atom stereocenters. The second-order valence-corrected chi connectivity index (χ2v) is 8.48. The molecule has 0 unspecified atom stereocenters. The molecule has 4 rings (SSSR count). The molecule has 5 nitrogen and oxygen atoms in total. The summed E-state index contributed by atoms with van der Waals surface area (Å²) in [5, 5.41) is 9.94. The third-order valence-corrected chi connectivity index (χ3v) is 6.93. The van der Waals surface area contributed by atoms with Crippen LogP contribution < -0.4 is 9.80 Å². The monoisotopic (exact) mass is 414 g/mol. The number of fused-ring (bicyclic) bond motifs is 1. The molecule has 0 aromatic heterocycles. The molecule has 2 aliphatic rings. The van der Waals surface area contributed by atoms with Crippen molar-refractivity contribution in [2.45, 2.75) is 11.8 Å². The van der Waals surface area contributed by atoms with Gasteiger partial charge in [0.05, 0.1) is 16.9 Å². The molecule has 136 valence electrons. The van der Waals surface area contributed by atoms with E-state index in [0.717, 1.165) is 22.2 Å². The van der Waals surface area contributed by atoms with Gasteiger partial charge in [0.1, 0.15) is 9.93 Å². The van der Waals surface area contributed by atoms with E-state index >= 15 is 0 Å². The van der Waals surface area contributed by atoms with Gasteiger partial charge in [-0.2, -0.15) is 0 Å². The number of anilines is 2. The minimum atomic E-state index is -1.01. The summed E-state index contributed by atoms with van der Waals surface area (Å²) >= 11 is 8.31. The van der Waals surface area contributed by atoms with Gasteiger partial charge in [0.25, 0.3) is 5.91 Å². The van der Waals surface area contributed by atoms with Crippen molar-refractivity contribution < 1.29 is 14.7 Å². The number of thioether (sulfide) groups is 2. The Bertz CT molecular complexity index is 1000. The van der Waals surface area contributed by atoms with Crippen molar-refractivity contribution in [2.75, 3.05) is 16.3 Å². The largest absolute Gasteiger partial charge is 0.478 e. The zero-order valence-electron chi connectivity index (χ0n) is 14.2. The second-order valence-electron chi connectivity index (χ2n) is 5.81. The fraction of sp³-hybridized carbons (Fsp3) is 0.105. The van der Waals surface area contributed by atoms with Crippen LogP contribution in [0, 0.1) is 0 Å². The van der Waals surface area contributed by atoms with E-state index < -0.39 is 5.97 Å². The van der Waals surface area contributed by atoms with Gasteiger partial charge in [0.15, 0.2) is 4.32 Å². The molecule has 2 aliphatic heterocycles. The van der Waals surface area contributed by atoms with Crippen LogP contribution in [-0.4, -0.2) is 27.8 Å². The van der Waals surface area contributed by atoms with Crippen molar-refractivity contribution >= 4 is 63.3 Å². The van der Waals surface area contributed by atoms with Crippen LogP contribution in [0.3, 0.4) is 0 Å². The van der Waals surface area contributed by atoms with E-state index in [1.165, 1.54) is 28.8 Å². The van der Waals surface area contributed by atoms with Crippen molar-refractivity contribution in [2.24, 2.45) is 0 Å². The number of thiocarbonyl (C=S) groups is 1. The summed E-state index contributed by atoms with van der Waals surface area (Å²) in [6, 6.07) is 14.2. The minimum absolute atomic E-state index is 0.168. The van der Waals surface area contributed by atoms with Crippen molar-refractivity contribution in [1.82, 2.24) is 0 Å². The molecule has 8 heteroatoms. The molecule has 2 heterocycles. The van der Waals surface area contributed by atoms with E-state index in [1.54, 1.807) is 23.9 Å². The summed E-state index contributed by atoms with van der Waals surface area (Å²) in [7, 11) is 0. The first-order valence-electron chi connectivity index (χ1n) is 8.19. The predicted octanol–water partition coefficient (Wildman–Crippen LogP) is 4.55. The number of hydrogen-bond acceptors (Lipinski definition) is 6. The van der Waals surface area contributed by atoms with Gasteiger partial charge in [-0.3, -0.25) is 9.69 Å². The van der Waals surface area contributed by atoms with Gasteiger partial charge in [0, 0.05) is 11.4 Å². The Hall–Kier alpha value is -2.29. The summed E-state index contributed by atoms with van der Waals surface area (Å²) in [6.07, 6.45) is 0. The molecule has 1 amide bonds. The first kappa shape index (κ1) is 18.1. The Morgan fingerprint density at radius 3 is 2.48 bits per heavy atom. The lowest BCUT2D eigenvalue weighted by atomic mass is 10.2. The number of rotatable bonds is 3. The summed E-state index contributed by atoms with van der Waals surface area (Å²) in [5.41, 5.74) is 1.83. The van der Waals surface area contributed by atoms with Gasteiger partial charge < -0.3 is 10.0 Å². The molecule has 27 heavy (non-hydrogen) atoms. The maximum atomic E-state index is 13.1. The molecule has 1 fully saturated rings. The number of aromatic carboxylic acids is 1. The average molecular weight is 415 g/mol. The molecule has 0 saturated carbocycles. The van der Waals surface area contributed by atoms with E-state index in [2.05, 4.69) is 4.90 Å². The molecule has 0 aliphatic carbocycles. The zero-order valence-corrected chi connectivity index (χ0v) is 16.7. The van der Waals surface area contributed by atoms with Crippen LogP contribution in [0.5, 0.6) is 0 Å². The zero-order chi connectivity index (χ0) is 19.1. The number of hydrogen-bond donors (Lipinski definition) is 1. The first-order chi connectivity index (χ1) is 13.0. The fourth-order valence-electron chi connectivity index (χ4n) is 2.99. The van der Waals surface area contributed by atoms with Gasteiger partial charge in [-0.25, -0.2) is 4.79 Å². The highest BCUT2D eigenvalue weighted by atomic mass is 32.2. The average Bonchev–Trinajstić information content (AvgIpc) is 3.18. The van der Waals surface area contributed by atoms with E-state index in [9.17, 15) is 9.59 Å². The van der Waals surface area contributed by atoms with Crippen molar-refractivity contribution in [3.63, 3.8) is 0 Å². The van der Waals surface area contributed by atoms with E-state index in [1.807, 2.05) is 31.2 Å². The number of carbonyl (C=O) groups is 2. The Morgan fingerprint density at radius 1 is 1.11 bits per heavy atom. The van der Waals surface area contributed by atoms with E-state index in [0.29, 0.717) is 14.9 Å². The van der Waals surface area contributed by atoms with Crippen LogP contribution in [0.25, 0.3) is 0 Å². The quantitative estimate of drug-likeness (QED) is 0.584. The van der Waals surface area contributed by atoms with Gasteiger partial charge >= 0.3 is 5.97 Å². The van der Waals surface area contributed by atoms with E-state index in [-0.39, 0.29) is 11.5 Å². The fourth-order valence-corrected chi connectivity index (χ4v) is 5.66. The third kappa shape index (κ3) is 3.03. The maximum absolute atomic E-state index is 13.1. The molecule has 2 aromatic carbocycles. The maximum Gasteiger partial charge on any atom is 0.335 e. The van der Waals surface area contributed by atoms with Gasteiger partial charge in [-0.1, -0.05) is 47.9 Å². The Balaban J connectivity index is 1.71. The van der Waals surface area contributed by atoms with Gasteiger partial charge in [-0.05, 0) is 43.3 Å². The van der Waals surface area contributed by atoms with Crippen molar-refractivity contribution in [1.29, 1.82) is 0 Å². The standard InChI is InChI=1S/C19H14N2O3S3/c1-2-20-13-5-3-4-6-14(13)26-17(20)15-16(22)21(19(25)27-15)12-9-7-11(8-10-12)18(23)24/h3-10H,2H2,1H3,(H,23,24)/b17-15-. The Morgan fingerprint density at radius 2 is 1.81 bits per heavy atom. The summed E-state index contributed by atoms with van der Waals surface area (Å²) < 4.78 is 0.443. The molecular weight excluding hydrogens is 400 g/mol. The summed E-state index contributed by atoms with van der Waals surface area (Å²) in [4.78, 5) is 29.5. The van der Waals surface area contributed by atoms with Gasteiger partial charge in [-0.15, -0.1) is 0 Å². The molecular formula is C19H14N2O3S3. The smallest absolute Gasteiger partial charge is 0.335 e. The van der Waals surface area contributed by atoms with Crippen LogP contribution in [0.15, 0.2) is 63.4 Å². The van der Waals surface area contributed by atoms with Crippen LogP contribution in [-0.2, 0) is 4.79 Å². The number of para-hydroxylation sites is 1. The lowest BCUT2D eigenvalue weighted by Gasteiger charge is -2.19. The molecule has 0 spiro atoms. The first-order valence-corrected chi connectivity index (χ1v) is 10.2. The SMILES string of the molecule is CCN1/C(=C2/SC(=S)N(c3ccc(C(=O)O)cc3)C2=O)Sc2ccccc21.